The number of aromatic nitrogens is 8. The molecule has 0 saturated heterocycles. The second-order valence-electron chi connectivity index (χ2n) is 10.5. The van der Waals surface area contributed by atoms with Crippen LogP contribution in [0.4, 0.5) is 0 Å². The van der Waals surface area contributed by atoms with Crippen molar-refractivity contribution in [3.05, 3.63) is 109 Å². The summed E-state index contributed by atoms with van der Waals surface area (Å²) in [6, 6.07) is 27.4. The second-order valence-corrected chi connectivity index (χ2v) is 12.5. The van der Waals surface area contributed by atoms with Crippen molar-refractivity contribution in [3.8, 4) is 11.4 Å². The van der Waals surface area contributed by atoms with Crippen molar-refractivity contribution in [3.63, 3.8) is 0 Å². The molecule has 0 aliphatic heterocycles. The summed E-state index contributed by atoms with van der Waals surface area (Å²) in [6.45, 7) is 2.88. The highest BCUT2D eigenvalue weighted by atomic mass is 32.2. The molecule has 220 valence electrons. The lowest BCUT2D eigenvalue weighted by Gasteiger charge is -2.08. The third-order valence-electron chi connectivity index (χ3n) is 7.69. The smallest absolute Gasteiger partial charge is 0.238 e. The molecule has 0 radical (unpaired) electrons. The van der Waals surface area contributed by atoms with Crippen LogP contribution >= 0.6 is 0 Å². The van der Waals surface area contributed by atoms with Gasteiger partial charge in [-0.1, -0.05) is 24.3 Å². The predicted octanol–water partition coefficient (Wildman–Crippen LogP) is 4.90. The van der Waals surface area contributed by atoms with Crippen molar-refractivity contribution >= 4 is 55.0 Å². The molecule has 13 heteroatoms. The topological polar surface area (TPSA) is 139 Å². The van der Waals surface area contributed by atoms with Gasteiger partial charge in [-0.2, -0.15) is 9.36 Å². The van der Waals surface area contributed by atoms with Crippen LogP contribution in [-0.2, 0) is 9.84 Å². The number of ketones is 2. The quantitative estimate of drug-likeness (QED) is 0.241. The van der Waals surface area contributed by atoms with Crippen LogP contribution in [0, 0.1) is 0 Å². The lowest BCUT2D eigenvalue weighted by Crippen LogP contribution is -2.05. The summed E-state index contributed by atoms with van der Waals surface area (Å²) < 4.78 is 33.7. The average Bonchev–Trinajstić information content (AvgIpc) is 3.80. The van der Waals surface area contributed by atoms with Gasteiger partial charge >= 0.3 is 0 Å². The van der Waals surface area contributed by atoms with Crippen LogP contribution in [-0.4, -0.2) is 58.3 Å². The minimum absolute atomic E-state index is 0.0855. The summed E-state index contributed by atoms with van der Waals surface area (Å²) >= 11 is 0. The summed E-state index contributed by atoms with van der Waals surface area (Å²) in [5.74, 6) is 0.891. The Hall–Kier alpha value is -5.95. The first-order valence-electron chi connectivity index (χ1n) is 13.9. The van der Waals surface area contributed by atoms with Crippen molar-refractivity contribution in [1.29, 1.82) is 0 Å². The lowest BCUT2D eigenvalue weighted by atomic mass is 10.3. The van der Waals surface area contributed by atoms with Crippen LogP contribution in [0.25, 0.3) is 45.0 Å². The molecule has 0 atom stereocenters. The molecule has 4 heterocycles. The largest absolute Gasteiger partial charge is 0.291 e. The van der Waals surface area contributed by atoms with E-state index in [9.17, 15) is 18.0 Å². The maximum Gasteiger partial charge on any atom is 0.238 e. The number of benzene rings is 4. The fourth-order valence-electron chi connectivity index (χ4n) is 5.57. The first-order valence-corrected chi connectivity index (χ1v) is 15.4. The lowest BCUT2D eigenvalue weighted by molar-refractivity contribution is 0.0994. The van der Waals surface area contributed by atoms with Crippen LogP contribution in [0.15, 0.2) is 107 Å². The zero-order valence-corrected chi connectivity index (χ0v) is 24.7. The number of Topliss-reactive ketones (excluding diaryl/α,β-unsaturated/α-hetero) is 2. The van der Waals surface area contributed by atoms with E-state index in [1.165, 1.54) is 47.5 Å². The number of hydrogen-bond acceptors (Lipinski definition) is 8. The van der Waals surface area contributed by atoms with Gasteiger partial charge in [0.1, 0.15) is 0 Å². The molecule has 4 aromatic carbocycles. The highest BCUT2D eigenvalue weighted by molar-refractivity contribution is 7.91. The minimum Gasteiger partial charge on any atom is -0.291 e. The number of rotatable bonds is 6. The number of sulfone groups is 1. The standard InChI is InChI=1S/C32H22N8O4S/c1-19(41)29-35-39(31-33-25-7-3-5-9-27(25)37(29)31)21-11-15-23(16-12-21)45(43,44)24-17-13-22(14-18-24)40-32-34-26-8-4-6-10-28(26)38(32)30(36-40)20(2)42/h3-18H,1-2H3. The second kappa shape index (κ2) is 9.53. The Bertz CT molecular complexity index is 2430. The molecule has 8 rings (SSSR count). The molecule has 0 aliphatic carbocycles. The van der Waals surface area contributed by atoms with Gasteiger partial charge in [0.2, 0.25) is 33.0 Å². The normalized spacial score (nSPS) is 12.1. The zero-order chi connectivity index (χ0) is 31.0. The molecule has 8 aromatic rings. The van der Waals surface area contributed by atoms with E-state index < -0.39 is 9.84 Å². The first-order chi connectivity index (χ1) is 21.7. The van der Waals surface area contributed by atoms with Gasteiger partial charge in [0.05, 0.1) is 43.2 Å². The fraction of sp³-hybridized carbons (Fsp3) is 0.0625. The van der Waals surface area contributed by atoms with E-state index in [1.807, 2.05) is 48.5 Å². The predicted molar refractivity (Wildman–Crippen MR) is 165 cm³/mol. The summed E-state index contributed by atoms with van der Waals surface area (Å²) in [5, 5.41) is 8.98. The van der Waals surface area contributed by atoms with Crippen LogP contribution in [0.3, 0.4) is 0 Å². The van der Waals surface area contributed by atoms with Crippen molar-refractivity contribution in [1.82, 2.24) is 38.3 Å². The Morgan fingerprint density at radius 3 is 1.31 bits per heavy atom. The average molecular weight is 615 g/mol. The maximum atomic E-state index is 13.6. The van der Waals surface area contributed by atoms with E-state index in [2.05, 4.69) is 20.2 Å². The molecule has 0 N–H and O–H groups in total. The van der Waals surface area contributed by atoms with E-state index in [4.69, 9.17) is 0 Å². The Labute approximate surface area is 254 Å². The molecule has 0 unspecified atom stereocenters. The number of nitrogens with zero attached hydrogens (tertiary/aromatic N) is 8. The van der Waals surface area contributed by atoms with Crippen LogP contribution in [0.5, 0.6) is 0 Å². The van der Waals surface area contributed by atoms with Gasteiger partial charge in [0.25, 0.3) is 0 Å². The van der Waals surface area contributed by atoms with Crippen molar-refractivity contribution in [2.75, 3.05) is 0 Å². The molecule has 0 spiro atoms. The highest BCUT2D eigenvalue weighted by Gasteiger charge is 2.23. The Kier molecular flexibility index (Phi) is 5.64. The van der Waals surface area contributed by atoms with Crippen LogP contribution in [0.1, 0.15) is 35.1 Å². The molecule has 0 fully saturated rings. The van der Waals surface area contributed by atoms with E-state index in [1.54, 1.807) is 33.1 Å². The van der Waals surface area contributed by atoms with E-state index in [0.29, 0.717) is 34.0 Å². The summed E-state index contributed by atoms with van der Waals surface area (Å²) in [7, 11) is -3.89. The number of fused-ring (bicyclic) bond motifs is 6. The molecule has 0 aliphatic rings. The molecule has 0 saturated carbocycles. The Morgan fingerprint density at radius 1 is 0.556 bits per heavy atom. The number of carbonyl (C=O) groups excluding carboxylic acids is 2. The Balaban J connectivity index is 1.15. The first kappa shape index (κ1) is 26.7. The van der Waals surface area contributed by atoms with Gasteiger partial charge in [0, 0.05) is 13.8 Å². The van der Waals surface area contributed by atoms with Crippen molar-refractivity contribution in [2.45, 2.75) is 23.6 Å². The molecular weight excluding hydrogens is 592 g/mol. The summed E-state index contributed by atoms with van der Waals surface area (Å²) in [6.07, 6.45) is 0. The molecule has 0 amide bonds. The summed E-state index contributed by atoms with van der Waals surface area (Å²) in [5.41, 5.74) is 4.02. The molecule has 12 nitrogen and oxygen atoms in total. The minimum atomic E-state index is -3.89. The van der Waals surface area contributed by atoms with Gasteiger partial charge < -0.3 is 0 Å². The number of imidazole rings is 2. The van der Waals surface area contributed by atoms with E-state index in [-0.39, 0.29) is 33.0 Å². The molecule has 4 aromatic heterocycles. The van der Waals surface area contributed by atoms with Gasteiger partial charge in [-0.15, -0.1) is 10.2 Å². The fourth-order valence-corrected chi connectivity index (χ4v) is 6.83. The maximum absolute atomic E-state index is 13.6. The van der Waals surface area contributed by atoms with Gasteiger partial charge in [-0.3, -0.25) is 18.4 Å². The number of hydrogen-bond donors (Lipinski definition) is 0. The van der Waals surface area contributed by atoms with E-state index in [0.717, 1.165) is 11.0 Å². The van der Waals surface area contributed by atoms with Gasteiger partial charge in [0.15, 0.2) is 11.6 Å². The highest BCUT2D eigenvalue weighted by Crippen LogP contribution is 2.27. The SMILES string of the molecule is CC(=O)c1nn(-c2ccc(S(=O)(=O)c3ccc(-n4nc(C(C)=O)n5c6ccccc6nc45)cc3)cc2)c2nc3ccccc3n12. The van der Waals surface area contributed by atoms with E-state index >= 15 is 0 Å². The third kappa shape index (κ3) is 3.94. The number of carbonyl (C=O) groups is 2. The summed E-state index contributed by atoms with van der Waals surface area (Å²) in [4.78, 5) is 34.3. The molecular formula is C32H22N8O4S. The monoisotopic (exact) mass is 614 g/mol. The molecule has 45 heavy (non-hydrogen) atoms. The molecule has 0 bridgehead atoms. The van der Waals surface area contributed by atoms with Crippen LogP contribution in [0.2, 0.25) is 0 Å². The zero-order valence-electron chi connectivity index (χ0n) is 23.9. The van der Waals surface area contributed by atoms with Crippen LogP contribution < -0.4 is 0 Å². The number of para-hydroxylation sites is 4. The van der Waals surface area contributed by atoms with Crippen molar-refractivity contribution in [2.24, 2.45) is 0 Å². The van der Waals surface area contributed by atoms with Gasteiger partial charge in [-0.25, -0.2) is 18.4 Å². The van der Waals surface area contributed by atoms with Crippen molar-refractivity contribution < 1.29 is 18.0 Å². The Morgan fingerprint density at radius 2 is 0.933 bits per heavy atom. The van der Waals surface area contributed by atoms with Gasteiger partial charge in [-0.05, 0) is 72.8 Å². The third-order valence-corrected chi connectivity index (χ3v) is 9.48.